The Morgan fingerprint density at radius 1 is 1.50 bits per heavy atom. The van der Waals surface area contributed by atoms with Crippen LogP contribution in [0.5, 0.6) is 0 Å². The third-order valence-electron chi connectivity index (χ3n) is 3.05. The second-order valence-corrected chi connectivity index (χ2v) is 5.79. The number of carbonyl (C=O) groups excluding carboxylic acids is 1. The Balaban J connectivity index is 1.82. The summed E-state index contributed by atoms with van der Waals surface area (Å²) in [5.74, 6) is 1.14. The van der Waals surface area contributed by atoms with E-state index in [1.165, 1.54) is 25.0 Å². The number of hydrogen-bond acceptors (Lipinski definition) is 4. The summed E-state index contributed by atoms with van der Waals surface area (Å²) in [6.45, 7) is 0.749. The SMILES string of the molecule is CNc1ccc(C(=O)NCC2CCCCS2)nc1. The highest BCUT2D eigenvalue weighted by molar-refractivity contribution is 7.99. The van der Waals surface area contributed by atoms with Crippen molar-refractivity contribution >= 4 is 23.4 Å². The van der Waals surface area contributed by atoms with Crippen LogP contribution in [0.3, 0.4) is 0 Å². The van der Waals surface area contributed by atoms with Gasteiger partial charge in [0.25, 0.3) is 5.91 Å². The van der Waals surface area contributed by atoms with Crippen molar-refractivity contribution in [3.63, 3.8) is 0 Å². The van der Waals surface area contributed by atoms with Gasteiger partial charge in [-0.2, -0.15) is 11.8 Å². The lowest BCUT2D eigenvalue weighted by atomic mass is 10.2. The van der Waals surface area contributed by atoms with E-state index in [1.54, 1.807) is 12.3 Å². The summed E-state index contributed by atoms with van der Waals surface area (Å²) in [6, 6.07) is 3.60. The molecule has 2 N–H and O–H groups in total. The molecule has 0 spiro atoms. The number of hydrogen-bond donors (Lipinski definition) is 2. The summed E-state index contributed by atoms with van der Waals surface area (Å²) in [5.41, 5.74) is 1.39. The minimum absolute atomic E-state index is 0.0798. The number of nitrogens with one attached hydrogen (secondary N) is 2. The molecule has 5 heteroatoms. The second-order valence-electron chi connectivity index (χ2n) is 4.38. The van der Waals surface area contributed by atoms with Gasteiger partial charge in [0.2, 0.25) is 0 Å². The summed E-state index contributed by atoms with van der Waals surface area (Å²) in [4.78, 5) is 16.0. The fourth-order valence-electron chi connectivity index (χ4n) is 1.94. The van der Waals surface area contributed by atoms with Crippen LogP contribution in [0.1, 0.15) is 29.8 Å². The van der Waals surface area contributed by atoms with Gasteiger partial charge in [0.1, 0.15) is 5.69 Å². The summed E-state index contributed by atoms with van der Waals surface area (Å²) in [6.07, 6.45) is 5.46. The quantitative estimate of drug-likeness (QED) is 0.876. The first-order chi connectivity index (χ1) is 8.79. The molecule has 0 bridgehead atoms. The molecule has 0 radical (unpaired) electrons. The van der Waals surface area contributed by atoms with Crippen molar-refractivity contribution in [2.75, 3.05) is 24.7 Å². The minimum Gasteiger partial charge on any atom is -0.387 e. The summed E-state index contributed by atoms with van der Waals surface area (Å²) in [7, 11) is 1.83. The first-order valence-corrected chi connectivity index (χ1v) is 7.38. The zero-order valence-corrected chi connectivity index (χ0v) is 11.4. The molecule has 0 saturated carbocycles. The van der Waals surface area contributed by atoms with E-state index in [9.17, 15) is 4.79 Å². The van der Waals surface area contributed by atoms with Crippen molar-refractivity contribution in [2.24, 2.45) is 0 Å². The van der Waals surface area contributed by atoms with E-state index in [1.807, 2.05) is 24.9 Å². The molecule has 0 aromatic carbocycles. The number of rotatable bonds is 4. The molecular weight excluding hydrogens is 246 g/mol. The van der Waals surface area contributed by atoms with Crippen LogP contribution in [0.15, 0.2) is 18.3 Å². The molecule has 2 heterocycles. The first-order valence-electron chi connectivity index (χ1n) is 6.33. The van der Waals surface area contributed by atoms with Crippen LogP contribution in [0.25, 0.3) is 0 Å². The van der Waals surface area contributed by atoms with Crippen LogP contribution in [0.4, 0.5) is 5.69 Å². The van der Waals surface area contributed by atoms with Gasteiger partial charge in [-0.25, -0.2) is 4.98 Å². The van der Waals surface area contributed by atoms with Gasteiger partial charge in [0, 0.05) is 18.8 Å². The topological polar surface area (TPSA) is 54.0 Å². The van der Waals surface area contributed by atoms with E-state index in [2.05, 4.69) is 15.6 Å². The molecule has 1 aliphatic rings. The molecule has 1 atom stereocenters. The van der Waals surface area contributed by atoms with Gasteiger partial charge < -0.3 is 10.6 Å². The Labute approximate surface area is 112 Å². The van der Waals surface area contributed by atoms with Crippen LogP contribution in [0, 0.1) is 0 Å². The maximum atomic E-state index is 11.9. The number of carbonyl (C=O) groups is 1. The lowest BCUT2D eigenvalue weighted by molar-refractivity contribution is 0.0948. The second kappa shape index (κ2) is 6.64. The monoisotopic (exact) mass is 265 g/mol. The highest BCUT2D eigenvalue weighted by atomic mass is 32.2. The zero-order valence-electron chi connectivity index (χ0n) is 10.6. The fraction of sp³-hybridized carbons (Fsp3) is 0.538. The molecule has 1 saturated heterocycles. The van der Waals surface area contributed by atoms with E-state index in [-0.39, 0.29) is 5.91 Å². The van der Waals surface area contributed by atoms with Crippen LogP contribution in [0.2, 0.25) is 0 Å². The number of aromatic nitrogens is 1. The van der Waals surface area contributed by atoms with Crippen LogP contribution in [-0.4, -0.2) is 35.5 Å². The van der Waals surface area contributed by atoms with Crippen molar-refractivity contribution in [2.45, 2.75) is 24.5 Å². The van der Waals surface area contributed by atoms with Gasteiger partial charge in [-0.1, -0.05) is 6.42 Å². The molecule has 1 aromatic rings. The van der Waals surface area contributed by atoms with E-state index in [4.69, 9.17) is 0 Å². The van der Waals surface area contributed by atoms with Gasteiger partial charge in [0.15, 0.2) is 0 Å². The largest absolute Gasteiger partial charge is 0.387 e. The van der Waals surface area contributed by atoms with Gasteiger partial charge in [-0.3, -0.25) is 4.79 Å². The molecule has 1 fully saturated rings. The Bertz CT molecular complexity index is 388. The Morgan fingerprint density at radius 2 is 2.39 bits per heavy atom. The zero-order chi connectivity index (χ0) is 12.8. The van der Waals surface area contributed by atoms with Crippen LogP contribution in [-0.2, 0) is 0 Å². The fourth-order valence-corrected chi connectivity index (χ4v) is 3.18. The number of pyridine rings is 1. The van der Waals surface area contributed by atoms with Crippen molar-refractivity contribution in [3.8, 4) is 0 Å². The Kier molecular flexibility index (Phi) is 4.87. The first kappa shape index (κ1) is 13.2. The van der Waals surface area contributed by atoms with Gasteiger partial charge in [-0.05, 0) is 30.7 Å². The van der Waals surface area contributed by atoms with Crippen molar-refractivity contribution < 1.29 is 4.79 Å². The molecule has 1 unspecified atom stereocenters. The molecular formula is C13H19N3OS. The number of anilines is 1. The maximum Gasteiger partial charge on any atom is 0.269 e. The Morgan fingerprint density at radius 3 is 3.00 bits per heavy atom. The lowest BCUT2D eigenvalue weighted by Gasteiger charge is -2.21. The maximum absolute atomic E-state index is 11.9. The highest BCUT2D eigenvalue weighted by Gasteiger charge is 2.15. The standard InChI is InChI=1S/C13H19N3OS/c1-14-10-5-6-12(15-8-10)13(17)16-9-11-4-2-3-7-18-11/h5-6,8,11,14H,2-4,7,9H2,1H3,(H,16,17). The third-order valence-corrected chi connectivity index (χ3v) is 4.45. The van der Waals surface area contributed by atoms with Crippen molar-refractivity contribution in [3.05, 3.63) is 24.0 Å². The lowest BCUT2D eigenvalue weighted by Crippen LogP contribution is -2.32. The molecule has 4 nitrogen and oxygen atoms in total. The number of nitrogens with zero attached hydrogens (tertiary/aromatic N) is 1. The molecule has 1 aromatic heterocycles. The predicted molar refractivity (Wildman–Crippen MR) is 76.2 cm³/mol. The molecule has 18 heavy (non-hydrogen) atoms. The highest BCUT2D eigenvalue weighted by Crippen LogP contribution is 2.24. The van der Waals surface area contributed by atoms with Crippen molar-refractivity contribution in [1.82, 2.24) is 10.3 Å². The van der Waals surface area contributed by atoms with Crippen LogP contribution < -0.4 is 10.6 Å². The summed E-state index contributed by atoms with van der Waals surface area (Å²) < 4.78 is 0. The van der Waals surface area contributed by atoms with Crippen LogP contribution >= 0.6 is 11.8 Å². The number of amides is 1. The number of thioether (sulfide) groups is 1. The van der Waals surface area contributed by atoms with E-state index >= 15 is 0 Å². The van der Waals surface area contributed by atoms with E-state index in [0.29, 0.717) is 10.9 Å². The molecule has 2 rings (SSSR count). The minimum atomic E-state index is -0.0798. The molecule has 1 aliphatic heterocycles. The van der Waals surface area contributed by atoms with Gasteiger partial charge >= 0.3 is 0 Å². The predicted octanol–water partition coefficient (Wildman–Crippen LogP) is 2.14. The Hall–Kier alpha value is -1.23. The van der Waals surface area contributed by atoms with Crippen molar-refractivity contribution in [1.29, 1.82) is 0 Å². The normalized spacial score (nSPS) is 19.3. The molecule has 98 valence electrons. The summed E-state index contributed by atoms with van der Waals surface area (Å²) >= 11 is 1.96. The van der Waals surface area contributed by atoms with Gasteiger partial charge in [0.05, 0.1) is 11.9 Å². The average molecular weight is 265 g/mol. The van der Waals surface area contributed by atoms with Gasteiger partial charge in [-0.15, -0.1) is 0 Å². The molecule has 0 aliphatic carbocycles. The smallest absolute Gasteiger partial charge is 0.269 e. The third kappa shape index (κ3) is 3.63. The molecule has 1 amide bonds. The van der Waals surface area contributed by atoms with E-state index in [0.717, 1.165) is 12.2 Å². The average Bonchev–Trinajstić information content (AvgIpc) is 2.46. The van der Waals surface area contributed by atoms with E-state index < -0.39 is 0 Å². The summed E-state index contributed by atoms with van der Waals surface area (Å²) in [5, 5.41) is 6.51.